The van der Waals surface area contributed by atoms with Gasteiger partial charge in [-0.2, -0.15) is 5.26 Å². The maximum absolute atomic E-state index is 12.2. The van der Waals surface area contributed by atoms with Gasteiger partial charge in [0, 0.05) is 18.8 Å². The number of benzene rings is 1. The number of hydrogen-bond donors (Lipinski definition) is 0. The van der Waals surface area contributed by atoms with Gasteiger partial charge in [-0.3, -0.25) is 9.69 Å². The van der Waals surface area contributed by atoms with Gasteiger partial charge in [-0.25, -0.2) is 4.79 Å². The lowest BCUT2D eigenvalue weighted by molar-refractivity contribution is -0.143. The Morgan fingerprint density at radius 1 is 1.35 bits per heavy atom. The Kier molecular flexibility index (Phi) is 4.20. The van der Waals surface area contributed by atoms with Gasteiger partial charge in [0.15, 0.2) is 0 Å². The second-order valence-electron chi connectivity index (χ2n) is 4.32. The first-order valence-electron chi connectivity index (χ1n) is 6.38. The Labute approximate surface area is 117 Å². The Morgan fingerprint density at radius 3 is 2.65 bits per heavy atom. The summed E-state index contributed by atoms with van der Waals surface area (Å²) in [6.45, 7) is 3.01. The molecule has 0 bridgehead atoms. The van der Waals surface area contributed by atoms with Crippen LogP contribution in [-0.2, 0) is 9.53 Å². The molecular formula is C14H15N3O3. The third-order valence-electron chi connectivity index (χ3n) is 3.03. The van der Waals surface area contributed by atoms with Crippen LogP contribution in [0.2, 0.25) is 0 Å². The van der Waals surface area contributed by atoms with Crippen molar-refractivity contribution in [1.82, 2.24) is 4.90 Å². The number of anilines is 1. The third kappa shape index (κ3) is 2.88. The lowest BCUT2D eigenvalue weighted by Crippen LogP contribution is -2.35. The van der Waals surface area contributed by atoms with Gasteiger partial charge in [0.1, 0.15) is 6.54 Å². The number of carbonyl (C=O) groups is 2. The minimum absolute atomic E-state index is 0.0283. The molecule has 2 amide bonds. The maximum atomic E-state index is 12.2. The molecule has 0 spiro atoms. The molecule has 1 aliphatic heterocycles. The molecule has 1 fully saturated rings. The summed E-state index contributed by atoms with van der Waals surface area (Å²) < 4.78 is 4.84. The first-order chi connectivity index (χ1) is 9.65. The molecule has 1 saturated heterocycles. The smallest absolute Gasteiger partial charge is 0.325 e. The molecule has 0 radical (unpaired) electrons. The second kappa shape index (κ2) is 6.06. The fraction of sp³-hybridized carbons (Fsp3) is 0.357. The fourth-order valence-electron chi connectivity index (χ4n) is 2.05. The molecule has 0 aliphatic carbocycles. The van der Waals surface area contributed by atoms with E-state index in [-0.39, 0.29) is 12.6 Å². The monoisotopic (exact) mass is 273 g/mol. The zero-order chi connectivity index (χ0) is 14.5. The number of amides is 2. The van der Waals surface area contributed by atoms with Gasteiger partial charge in [-0.05, 0) is 31.2 Å². The molecule has 1 aromatic rings. The second-order valence-corrected chi connectivity index (χ2v) is 4.32. The van der Waals surface area contributed by atoms with Crippen molar-refractivity contribution in [1.29, 1.82) is 5.26 Å². The number of nitriles is 1. The predicted molar refractivity (Wildman–Crippen MR) is 72.1 cm³/mol. The first kappa shape index (κ1) is 13.9. The normalized spacial score (nSPS) is 14.3. The molecule has 0 N–H and O–H groups in total. The van der Waals surface area contributed by atoms with Crippen LogP contribution in [0.5, 0.6) is 0 Å². The van der Waals surface area contributed by atoms with Gasteiger partial charge >= 0.3 is 12.0 Å². The van der Waals surface area contributed by atoms with Gasteiger partial charge in [0.2, 0.25) is 0 Å². The topological polar surface area (TPSA) is 73.6 Å². The highest BCUT2D eigenvalue weighted by molar-refractivity contribution is 5.95. The van der Waals surface area contributed by atoms with E-state index in [9.17, 15) is 9.59 Å². The maximum Gasteiger partial charge on any atom is 0.325 e. The van der Waals surface area contributed by atoms with Gasteiger partial charge in [0.25, 0.3) is 0 Å². The summed E-state index contributed by atoms with van der Waals surface area (Å²) in [6, 6.07) is 8.59. The zero-order valence-electron chi connectivity index (χ0n) is 11.2. The quantitative estimate of drug-likeness (QED) is 0.776. The SMILES string of the molecule is CCOC(=O)CN1CCN(c2ccc(C#N)cc2)C1=O. The number of ether oxygens (including phenoxy) is 1. The zero-order valence-corrected chi connectivity index (χ0v) is 11.2. The molecule has 6 heteroatoms. The van der Waals surface area contributed by atoms with E-state index in [0.717, 1.165) is 5.69 Å². The van der Waals surface area contributed by atoms with Crippen molar-refractivity contribution in [3.8, 4) is 6.07 Å². The molecule has 0 unspecified atom stereocenters. The van der Waals surface area contributed by atoms with E-state index in [1.54, 1.807) is 36.1 Å². The largest absolute Gasteiger partial charge is 0.465 e. The molecule has 2 rings (SSSR count). The molecule has 6 nitrogen and oxygen atoms in total. The Hall–Kier alpha value is -2.55. The summed E-state index contributed by atoms with van der Waals surface area (Å²) in [7, 11) is 0. The molecule has 0 atom stereocenters. The molecule has 0 aromatic heterocycles. The summed E-state index contributed by atoms with van der Waals surface area (Å²) >= 11 is 0. The fourth-order valence-corrected chi connectivity index (χ4v) is 2.05. The van der Waals surface area contributed by atoms with Crippen LogP contribution in [0.1, 0.15) is 12.5 Å². The van der Waals surface area contributed by atoms with E-state index in [0.29, 0.717) is 25.3 Å². The number of esters is 1. The Balaban J connectivity index is 2.03. The van der Waals surface area contributed by atoms with E-state index in [2.05, 4.69) is 0 Å². The number of rotatable bonds is 4. The van der Waals surface area contributed by atoms with Crippen LogP contribution in [-0.4, -0.2) is 43.1 Å². The molecule has 104 valence electrons. The van der Waals surface area contributed by atoms with Crippen molar-refractivity contribution >= 4 is 17.7 Å². The van der Waals surface area contributed by atoms with Gasteiger partial charge in [0.05, 0.1) is 18.2 Å². The van der Waals surface area contributed by atoms with Crippen molar-refractivity contribution in [2.45, 2.75) is 6.92 Å². The molecule has 1 heterocycles. The van der Waals surface area contributed by atoms with Crippen LogP contribution in [0.15, 0.2) is 24.3 Å². The summed E-state index contributed by atoms with van der Waals surface area (Å²) in [5.41, 5.74) is 1.27. The lowest BCUT2D eigenvalue weighted by Gasteiger charge is -2.18. The van der Waals surface area contributed by atoms with Crippen molar-refractivity contribution in [2.24, 2.45) is 0 Å². The average molecular weight is 273 g/mol. The lowest BCUT2D eigenvalue weighted by atomic mass is 10.2. The van der Waals surface area contributed by atoms with Crippen LogP contribution in [0.25, 0.3) is 0 Å². The highest BCUT2D eigenvalue weighted by Crippen LogP contribution is 2.20. The van der Waals surface area contributed by atoms with E-state index in [1.807, 2.05) is 6.07 Å². The third-order valence-corrected chi connectivity index (χ3v) is 3.03. The number of nitrogens with zero attached hydrogens (tertiary/aromatic N) is 3. The molecule has 20 heavy (non-hydrogen) atoms. The molecule has 1 aromatic carbocycles. The predicted octanol–water partition coefficient (Wildman–Crippen LogP) is 1.36. The standard InChI is InChI=1S/C14H15N3O3/c1-2-20-13(18)10-16-7-8-17(14(16)19)12-5-3-11(9-15)4-6-12/h3-6H,2,7-8,10H2,1H3. The van der Waals surface area contributed by atoms with Crippen molar-refractivity contribution in [3.05, 3.63) is 29.8 Å². The summed E-state index contributed by atoms with van der Waals surface area (Å²) in [5, 5.41) is 8.75. The summed E-state index contributed by atoms with van der Waals surface area (Å²) in [5.74, 6) is -0.400. The minimum atomic E-state index is -0.400. The summed E-state index contributed by atoms with van der Waals surface area (Å²) in [4.78, 5) is 26.6. The number of hydrogen-bond acceptors (Lipinski definition) is 4. The van der Waals surface area contributed by atoms with Crippen LogP contribution in [0.3, 0.4) is 0 Å². The summed E-state index contributed by atoms with van der Waals surface area (Å²) in [6.07, 6.45) is 0. The molecular weight excluding hydrogens is 258 g/mol. The van der Waals surface area contributed by atoms with Gasteiger partial charge in [-0.1, -0.05) is 0 Å². The Bertz CT molecular complexity index is 548. The molecule has 1 aliphatic rings. The highest BCUT2D eigenvalue weighted by atomic mass is 16.5. The minimum Gasteiger partial charge on any atom is -0.465 e. The number of urea groups is 1. The van der Waals surface area contributed by atoms with E-state index in [4.69, 9.17) is 10.00 Å². The van der Waals surface area contributed by atoms with Crippen molar-refractivity contribution in [2.75, 3.05) is 31.1 Å². The van der Waals surface area contributed by atoms with Crippen molar-refractivity contribution in [3.63, 3.8) is 0 Å². The molecule has 0 saturated carbocycles. The van der Waals surface area contributed by atoms with Crippen LogP contribution in [0, 0.1) is 11.3 Å². The first-order valence-corrected chi connectivity index (χ1v) is 6.38. The highest BCUT2D eigenvalue weighted by Gasteiger charge is 2.31. The van der Waals surface area contributed by atoms with E-state index < -0.39 is 5.97 Å². The Morgan fingerprint density at radius 2 is 2.05 bits per heavy atom. The van der Waals surface area contributed by atoms with Crippen molar-refractivity contribution < 1.29 is 14.3 Å². The van der Waals surface area contributed by atoms with Gasteiger partial charge in [-0.15, -0.1) is 0 Å². The van der Waals surface area contributed by atoms with E-state index >= 15 is 0 Å². The van der Waals surface area contributed by atoms with Gasteiger partial charge < -0.3 is 9.64 Å². The van der Waals surface area contributed by atoms with E-state index in [1.165, 1.54) is 4.90 Å². The van der Waals surface area contributed by atoms with Crippen LogP contribution in [0.4, 0.5) is 10.5 Å². The van der Waals surface area contributed by atoms with Crippen LogP contribution < -0.4 is 4.90 Å². The average Bonchev–Trinajstić information content (AvgIpc) is 2.81. The number of carbonyl (C=O) groups excluding carboxylic acids is 2. The van der Waals surface area contributed by atoms with Crippen LogP contribution >= 0.6 is 0 Å².